The quantitative estimate of drug-likeness (QED) is 0.723. The smallest absolute Gasteiger partial charge is 0.264 e. The number of sulfonamides is 1. The molecule has 0 aliphatic carbocycles. The van der Waals surface area contributed by atoms with Crippen LogP contribution in [0.5, 0.6) is 5.75 Å². The van der Waals surface area contributed by atoms with Crippen molar-refractivity contribution in [1.82, 2.24) is 4.90 Å². The molecule has 1 aliphatic rings. The molecule has 0 saturated carbocycles. The lowest BCUT2D eigenvalue weighted by Gasteiger charge is -2.22. The van der Waals surface area contributed by atoms with E-state index in [1.54, 1.807) is 43.3 Å². The van der Waals surface area contributed by atoms with Gasteiger partial charge in [0.2, 0.25) is 0 Å². The molecule has 6 nitrogen and oxygen atoms in total. The molecule has 1 fully saturated rings. The molecule has 2 aromatic rings. The summed E-state index contributed by atoms with van der Waals surface area (Å²) in [5.74, 6) is 0.520. The molecule has 0 spiro atoms. The van der Waals surface area contributed by atoms with Gasteiger partial charge in [-0.25, -0.2) is 8.42 Å². The minimum absolute atomic E-state index is 0.0130. The number of hydrogen-bond acceptors (Lipinski definition) is 4. The minimum atomic E-state index is -3.66. The third-order valence-corrected chi connectivity index (χ3v) is 7.20. The highest BCUT2D eigenvalue weighted by atomic mass is 32.2. The SMILES string of the molecule is Cc1ccc(S(=O)(=O)N(C)c2ccc(O[C@@H](C)C(=O)N3CCCC3)cc2)cc1C. The Hall–Kier alpha value is -2.54. The monoisotopic (exact) mass is 416 g/mol. The van der Waals surface area contributed by atoms with Gasteiger partial charge >= 0.3 is 0 Å². The third-order valence-electron chi connectivity index (χ3n) is 5.42. The van der Waals surface area contributed by atoms with Gasteiger partial charge in [0.1, 0.15) is 5.75 Å². The number of rotatable bonds is 6. The second-order valence-electron chi connectivity index (χ2n) is 7.50. The number of likely N-dealkylation sites (tertiary alicyclic amines) is 1. The van der Waals surface area contributed by atoms with Crippen molar-refractivity contribution in [2.45, 2.75) is 44.6 Å². The topological polar surface area (TPSA) is 66.9 Å². The van der Waals surface area contributed by atoms with Crippen molar-refractivity contribution in [2.24, 2.45) is 0 Å². The molecule has 29 heavy (non-hydrogen) atoms. The van der Waals surface area contributed by atoms with E-state index in [0.717, 1.165) is 37.1 Å². The Morgan fingerprint density at radius 3 is 2.24 bits per heavy atom. The van der Waals surface area contributed by atoms with E-state index in [4.69, 9.17) is 4.74 Å². The summed E-state index contributed by atoms with van der Waals surface area (Å²) in [6, 6.07) is 11.9. The Morgan fingerprint density at radius 2 is 1.66 bits per heavy atom. The van der Waals surface area contributed by atoms with Gasteiger partial charge in [-0.3, -0.25) is 9.10 Å². The molecule has 1 atom stereocenters. The van der Waals surface area contributed by atoms with Crippen LogP contribution in [0.1, 0.15) is 30.9 Å². The van der Waals surface area contributed by atoms with Crippen LogP contribution in [0.2, 0.25) is 0 Å². The van der Waals surface area contributed by atoms with Crippen LogP contribution < -0.4 is 9.04 Å². The van der Waals surface area contributed by atoms with E-state index in [2.05, 4.69) is 0 Å². The maximum atomic E-state index is 12.9. The molecule has 0 bridgehead atoms. The molecule has 156 valence electrons. The van der Waals surface area contributed by atoms with E-state index in [1.165, 1.54) is 11.4 Å². The number of carbonyl (C=O) groups excluding carboxylic acids is 1. The average molecular weight is 417 g/mol. The maximum absolute atomic E-state index is 12.9. The van der Waals surface area contributed by atoms with Gasteiger partial charge in [-0.1, -0.05) is 6.07 Å². The van der Waals surface area contributed by atoms with Gasteiger partial charge in [-0.05, 0) is 81.1 Å². The lowest BCUT2D eigenvalue weighted by atomic mass is 10.1. The molecule has 0 unspecified atom stereocenters. The normalized spacial score (nSPS) is 15.2. The predicted octanol–water partition coefficient (Wildman–Crippen LogP) is 3.52. The first-order chi connectivity index (χ1) is 13.7. The van der Waals surface area contributed by atoms with Gasteiger partial charge < -0.3 is 9.64 Å². The number of carbonyl (C=O) groups is 1. The Labute approximate surface area is 173 Å². The van der Waals surface area contributed by atoms with Crippen LogP contribution in [0, 0.1) is 13.8 Å². The summed E-state index contributed by atoms with van der Waals surface area (Å²) in [6.07, 6.45) is 1.50. The summed E-state index contributed by atoms with van der Waals surface area (Å²) in [7, 11) is -2.13. The maximum Gasteiger partial charge on any atom is 0.264 e. The van der Waals surface area contributed by atoms with Gasteiger partial charge in [-0.2, -0.15) is 0 Å². The van der Waals surface area contributed by atoms with Crippen LogP contribution in [-0.2, 0) is 14.8 Å². The number of ether oxygens (including phenoxy) is 1. The molecule has 3 rings (SSSR count). The summed E-state index contributed by atoms with van der Waals surface area (Å²) >= 11 is 0. The Bertz CT molecular complexity index is 980. The minimum Gasteiger partial charge on any atom is -0.481 e. The van der Waals surface area contributed by atoms with E-state index in [-0.39, 0.29) is 10.8 Å². The number of nitrogens with zero attached hydrogens (tertiary/aromatic N) is 2. The second kappa shape index (κ2) is 8.45. The fourth-order valence-corrected chi connectivity index (χ4v) is 4.64. The zero-order valence-electron chi connectivity index (χ0n) is 17.4. The van der Waals surface area contributed by atoms with Gasteiger partial charge in [0.15, 0.2) is 6.10 Å². The summed E-state index contributed by atoms with van der Waals surface area (Å²) in [6.45, 7) is 7.15. The fourth-order valence-electron chi connectivity index (χ4n) is 3.36. The van der Waals surface area contributed by atoms with E-state index < -0.39 is 16.1 Å². The number of aryl methyl sites for hydroxylation is 2. The molecule has 1 amide bonds. The Kier molecular flexibility index (Phi) is 6.17. The zero-order valence-corrected chi connectivity index (χ0v) is 18.2. The largest absolute Gasteiger partial charge is 0.481 e. The van der Waals surface area contributed by atoms with Crippen molar-refractivity contribution in [3.63, 3.8) is 0 Å². The lowest BCUT2D eigenvalue weighted by molar-refractivity contribution is -0.136. The van der Waals surface area contributed by atoms with E-state index in [0.29, 0.717) is 11.4 Å². The lowest BCUT2D eigenvalue weighted by Crippen LogP contribution is -2.38. The van der Waals surface area contributed by atoms with Crippen molar-refractivity contribution in [3.8, 4) is 5.75 Å². The van der Waals surface area contributed by atoms with Crippen LogP contribution in [0.15, 0.2) is 47.4 Å². The van der Waals surface area contributed by atoms with Crippen LogP contribution >= 0.6 is 0 Å². The zero-order chi connectivity index (χ0) is 21.2. The molecule has 0 aromatic heterocycles. The van der Waals surface area contributed by atoms with Gasteiger partial charge in [0, 0.05) is 20.1 Å². The third kappa shape index (κ3) is 4.56. The van der Waals surface area contributed by atoms with E-state index >= 15 is 0 Å². The molecule has 0 radical (unpaired) electrons. The number of hydrogen-bond donors (Lipinski definition) is 0. The Balaban J connectivity index is 1.71. The molecule has 7 heteroatoms. The molecular weight excluding hydrogens is 388 g/mol. The molecule has 2 aromatic carbocycles. The highest BCUT2D eigenvalue weighted by Gasteiger charge is 2.25. The van der Waals surface area contributed by atoms with E-state index in [1.807, 2.05) is 24.8 Å². The molecule has 1 heterocycles. The van der Waals surface area contributed by atoms with Gasteiger partial charge in [0.05, 0.1) is 10.6 Å². The Morgan fingerprint density at radius 1 is 1.03 bits per heavy atom. The summed E-state index contributed by atoms with van der Waals surface area (Å²) < 4.78 is 32.9. The van der Waals surface area contributed by atoms with Crippen molar-refractivity contribution in [1.29, 1.82) is 0 Å². The van der Waals surface area contributed by atoms with Crippen LogP contribution in [0.3, 0.4) is 0 Å². The van der Waals surface area contributed by atoms with Crippen LogP contribution in [0.4, 0.5) is 5.69 Å². The van der Waals surface area contributed by atoms with Crippen LogP contribution in [-0.4, -0.2) is 45.5 Å². The highest BCUT2D eigenvalue weighted by Crippen LogP contribution is 2.26. The summed E-state index contributed by atoms with van der Waals surface area (Å²) in [4.78, 5) is 14.5. The average Bonchev–Trinajstić information content (AvgIpc) is 3.24. The van der Waals surface area contributed by atoms with E-state index in [9.17, 15) is 13.2 Å². The fraction of sp³-hybridized carbons (Fsp3) is 0.409. The first-order valence-electron chi connectivity index (χ1n) is 9.82. The standard InChI is InChI=1S/C22H28N2O4S/c1-16-7-12-21(15-17(16)2)29(26,27)23(4)19-8-10-20(11-9-19)28-18(3)22(25)24-13-5-6-14-24/h7-12,15,18H,5-6,13-14H2,1-4H3/t18-/m0/s1. The second-order valence-corrected chi connectivity index (χ2v) is 9.47. The van der Waals surface area contributed by atoms with Crippen molar-refractivity contribution >= 4 is 21.6 Å². The first-order valence-corrected chi connectivity index (χ1v) is 11.3. The molecule has 0 N–H and O–H groups in total. The van der Waals surface area contributed by atoms with Crippen molar-refractivity contribution < 1.29 is 17.9 Å². The van der Waals surface area contributed by atoms with Crippen LogP contribution in [0.25, 0.3) is 0 Å². The summed E-state index contributed by atoms with van der Waals surface area (Å²) in [5, 5.41) is 0. The highest BCUT2D eigenvalue weighted by molar-refractivity contribution is 7.92. The van der Waals surface area contributed by atoms with Crippen molar-refractivity contribution in [2.75, 3.05) is 24.4 Å². The van der Waals surface area contributed by atoms with Gasteiger partial charge in [-0.15, -0.1) is 0 Å². The number of anilines is 1. The first kappa shape index (κ1) is 21.2. The number of amides is 1. The summed E-state index contributed by atoms with van der Waals surface area (Å²) in [5.41, 5.74) is 2.50. The molecule has 1 saturated heterocycles. The predicted molar refractivity (Wildman–Crippen MR) is 114 cm³/mol. The molecular formula is C22H28N2O4S. The number of benzene rings is 2. The van der Waals surface area contributed by atoms with Gasteiger partial charge in [0.25, 0.3) is 15.9 Å². The molecule has 1 aliphatic heterocycles. The van der Waals surface area contributed by atoms with Crippen molar-refractivity contribution in [3.05, 3.63) is 53.6 Å².